The zero-order chi connectivity index (χ0) is 0. The molecule has 0 saturated heterocycles. The third-order valence-corrected chi connectivity index (χ3v) is 0. The SMILES string of the molecule is O.[AlH3].[Ca+2].[H-].[H-].[Zn]. The second-order valence-electron chi connectivity index (χ2n) is 0. The van der Waals surface area contributed by atoms with E-state index in [1.807, 2.05) is 0 Å². The van der Waals surface area contributed by atoms with Crippen LogP contribution in [0.25, 0.3) is 0 Å². The third-order valence-electron chi connectivity index (χ3n) is 0. The van der Waals surface area contributed by atoms with Crippen molar-refractivity contribution in [1.82, 2.24) is 0 Å². The standard InChI is InChI=1S/Al.Ca.H2O.Zn.5H/h;;1H2;;;;;;/q;+2;;;;;;2*-1. The zero-order valence-electron chi connectivity index (χ0n) is 3.91. The molecule has 2 N–H and O–H groups in total. The van der Waals surface area contributed by atoms with E-state index >= 15 is 0 Å². The summed E-state index contributed by atoms with van der Waals surface area (Å²) in [6.07, 6.45) is 0. The van der Waals surface area contributed by atoms with E-state index in [2.05, 4.69) is 0 Å². The average Bonchev–Trinajstić information content (AvgIpc) is 0. The maximum Gasteiger partial charge on any atom is 2.00 e. The fraction of sp³-hybridized carbons (Fsp3) is 0. The Bertz CT molecular complexity index is 13.5. The predicted octanol–water partition coefficient (Wildman–Crippen LogP) is -2.17. The van der Waals surface area contributed by atoms with Crippen molar-refractivity contribution in [2.24, 2.45) is 0 Å². The summed E-state index contributed by atoms with van der Waals surface area (Å²) in [6.45, 7) is 0. The van der Waals surface area contributed by atoms with Crippen LogP contribution in [0.2, 0.25) is 0 Å². The molecule has 0 atom stereocenters. The molecule has 0 fully saturated rings. The molecule has 4 heteroatoms. The molecule has 0 saturated carbocycles. The molecule has 0 aromatic carbocycles. The van der Waals surface area contributed by atoms with Crippen LogP contribution in [0.5, 0.6) is 0 Å². The van der Waals surface area contributed by atoms with Gasteiger partial charge in [0.05, 0.1) is 0 Å². The van der Waals surface area contributed by atoms with Crippen LogP contribution in [0.1, 0.15) is 2.85 Å². The molecule has 0 rings (SSSR count). The summed E-state index contributed by atoms with van der Waals surface area (Å²) in [5.74, 6) is 0. The van der Waals surface area contributed by atoms with Gasteiger partial charge < -0.3 is 8.33 Å². The number of hydrogen-bond acceptors (Lipinski definition) is 0. The molecular formula is H7AlCaOZn. The van der Waals surface area contributed by atoms with E-state index in [0.29, 0.717) is 0 Å². The summed E-state index contributed by atoms with van der Waals surface area (Å²) in [6, 6.07) is 0. The summed E-state index contributed by atoms with van der Waals surface area (Å²) in [7, 11) is 0. The van der Waals surface area contributed by atoms with Gasteiger partial charge in [0, 0.05) is 19.5 Å². The van der Waals surface area contributed by atoms with Crippen molar-refractivity contribution in [3.8, 4) is 0 Å². The molecule has 0 spiro atoms. The predicted molar refractivity (Wildman–Crippen MR) is 21.5 cm³/mol. The number of hydrogen-bond donors (Lipinski definition) is 0. The molecular weight excluding hydrogens is 148 g/mol. The van der Waals surface area contributed by atoms with Crippen LogP contribution in [0.4, 0.5) is 0 Å². The minimum Gasteiger partial charge on any atom is -1.00 e. The third kappa shape index (κ3) is 8.83. The molecule has 0 aliphatic rings. The first-order valence-electron chi connectivity index (χ1n) is 0. The van der Waals surface area contributed by atoms with E-state index < -0.39 is 0 Å². The van der Waals surface area contributed by atoms with Gasteiger partial charge in [-0.05, 0) is 0 Å². The van der Waals surface area contributed by atoms with Crippen molar-refractivity contribution in [2.45, 2.75) is 0 Å². The molecule has 0 unspecified atom stereocenters. The minimum atomic E-state index is 0. The van der Waals surface area contributed by atoms with Crippen molar-refractivity contribution in [2.75, 3.05) is 0 Å². The van der Waals surface area contributed by atoms with Gasteiger partial charge in [-0.25, -0.2) is 0 Å². The fourth-order valence-corrected chi connectivity index (χ4v) is 0. The Morgan fingerprint density at radius 1 is 1.25 bits per heavy atom. The van der Waals surface area contributed by atoms with Gasteiger partial charge >= 0.3 is 37.7 Å². The van der Waals surface area contributed by atoms with Crippen LogP contribution in [0, 0.1) is 0 Å². The largest absolute Gasteiger partial charge is 2.00 e. The normalized spacial score (nSPS) is 0. The molecule has 0 aliphatic heterocycles. The van der Waals surface area contributed by atoms with Crippen LogP contribution in [0.3, 0.4) is 0 Å². The van der Waals surface area contributed by atoms with Crippen LogP contribution in [-0.4, -0.2) is 60.6 Å². The molecule has 0 aliphatic carbocycles. The van der Waals surface area contributed by atoms with E-state index in [1.165, 1.54) is 0 Å². The van der Waals surface area contributed by atoms with Gasteiger partial charge in [-0.1, -0.05) is 0 Å². The Morgan fingerprint density at radius 2 is 1.25 bits per heavy atom. The molecule has 0 amide bonds. The number of rotatable bonds is 0. The first kappa shape index (κ1) is 32.6. The fourth-order valence-electron chi connectivity index (χ4n) is 0. The molecule has 0 aromatic heterocycles. The Kier molecular flexibility index (Phi) is 149. The minimum absolute atomic E-state index is 0. The smallest absolute Gasteiger partial charge is 1.00 e. The van der Waals surface area contributed by atoms with Crippen LogP contribution in [0.15, 0.2) is 0 Å². The molecule has 4 heavy (non-hydrogen) atoms. The van der Waals surface area contributed by atoms with Gasteiger partial charge in [0.25, 0.3) is 0 Å². The maximum atomic E-state index is 0. The van der Waals surface area contributed by atoms with E-state index in [0.717, 1.165) is 0 Å². The van der Waals surface area contributed by atoms with Gasteiger partial charge in [0.2, 0.25) is 0 Å². The van der Waals surface area contributed by atoms with E-state index in [9.17, 15) is 0 Å². The van der Waals surface area contributed by atoms with Crippen LogP contribution >= 0.6 is 0 Å². The van der Waals surface area contributed by atoms with Gasteiger partial charge in [0.15, 0.2) is 17.4 Å². The maximum absolute atomic E-state index is 0. The summed E-state index contributed by atoms with van der Waals surface area (Å²) < 4.78 is 0. The second-order valence-corrected chi connectivity index (χ2v) is 0. The van der Waals surface area contributed by atoms with Gasteiger partial charge in [-0.2, -0.15) is 0 Å². The molecule has 0 bridgehead atoms. The monoisotopic (exact) mass is 154 g/mol. The Morgan fingerprint density at radius 3 is 1.25 bits per heavy atom. The first-order valence-corrected chi connectivity index (χ1v) is 0. The Labute approximate surface area is 81.7 Å². The first-order chi connectivity index (χ1) is 0. The molecule has 0 heterocycles. The van der Waals surface area contributed by atoms with Crippen molar-refractivity contribution in [1.29, 1.82) is 0 Å². The zero-order valence-corrected chi connectivity index (χ0v) is 7.09. The summed E-state index contributed by atoms with van der Waals surface area (Å²) in [5, 5.41) is 0. The second kappa shape index (κ2) is 18.2. The summed E-state index contributed by atoms with van der Waals surface area (Å²) in [4.78, 5) is 0. The van der Waals surface area contributed by atoms with E-state index in [4.69, 9.17) is 0 Å². The van der Waals surface area contributed by atoms with Gasteiger partial charge in [0.1, 0.15) is 0 Å². The van der Waals surface area contributed by atoms with Gasteiger partial charge in [-0.3, -0.25) is 0 Å². The molecule has 1 nitrogen and oxygen atoms in total. The average molecular weight is 156 g/mol. The molecule has 20 valence electrons. The van der Waals surface area contributed by atoms with E-state index in [1.54, 1.807) is 0 Å². The Balaban J connectivity index is 0. The van der Waals surface area contributed by atoms with Crippen molar-refractivity contribution >= 4 is 55.1 Å². The summed E-state index contributed by atoms with van der Waals surface area (Å²) in [5.41, 5.74) is 0. The Hall–Kier alpha value is 2.38. The van der Waals surface area contributed by atoms with Crippen molar-refractivity contribution in [3.63, 3.8) is 0 Å². The van der Waals surface area contributed by atoms with Crippen molar-refractivity contribution in [3.05, 3.63) is 0 Å². The van der Waals surface area contributed by atoms with Crippen molar-refractivity contribution < 1.29 is 27.8 Å². The van der Waals surface area contributed by atoms with Gasteiger partial charge in [-0.15, -0.1) is 0 Å². The quantitative estimate of drug-likeness (QED) is 0.357. The van der Waals surface area contributed by atoms with E-state index in [-0.39, 0.29) is 82.9 Å². The van der Waals surface area contributed by atoms with Crippen LogP contribution < -0.4 is 0 Å². The molecule has 0 radical (unpaired) electrons. The van der Waals surface area contributed by atoms with Crippen LogP contribution in [-0.2, 0) is 19.5 Å². The molecule has 0 aromatic rings. The summed E-state index contributed by atoms with van der Waals surface area (Å²) >= 11 is 0. The topological polar surface area (TPSA) is 31.5 Å².